The predicted molar refractivity (Wildman–Crippen MR) is 58.9 cm³/mol. The Labute approximate surface area is 91.2 Å². The van der Waals surface area contributed by atoms with E-state index in [9.17, 15) is 18.5 Å². The average Bonchev–Trinajstić information content (AvgIpc) is 2.34. The van der Waals surface area contributed by atoms with E-state index in [2.05, 4.69) is 0 Å². The van der Waals surface area contributed by atoms with E-state index < -0.39 is 16.3 Å². The van der Waals surface area contributed by atoms with Gasteiger partial charge in [-0.25, -0.2) is 0 Å². The Hall–Kier alpha value is -0.100. The third kappa shape index (κ3) is 1.45. The van der Waals surface area contributed by atoms with Crippen LogP contribution in [0.1, 0.15) is 33.1 Å². The summed E-state index contributed by atoms with van der Waals surface area (Å²) in [7, 11) is -3.58. The normalized spacial score (nSPS) is 39.8. The van der Waals surface area contributed by atoms with Crippen LogP contribution in [0.2, 0.25) is 0 Å². The highest BCUT2D eigenvalue weighted by Gasteiger charge is 2.65. The molecule has 2 bridgehead atoms. The fourth-order valence-electron chi connectivity index (χ4n) is 3.44. The average molecular weight is 234 g/mol. The highest BCUT2D eigenvalue weighted by molar-refractivity contribution is 8.19. The summed E-state index contributed by atoms with van der Waals surface area (Å²) in [6.07, 6.45) is 2.16. The third-order valence-corrected chi connectivity index (χ3v) is 5.46. The summed E-state index contributed by atoms with van der Waals surface area (Å²) in [6, 6.07) is 0. The molecule has 0 spiro atoms. The van der Waals surface area contributed by atoms with Crippen molar-refractivity contribution in [3.8, 4) is 0 Å². The van der Waals surface area contributed by atoms with Crippen molar-refractivity contribution >= 4 is 16.7 Å². The van der Waals surface area contributed by atoms with Crippen molar-refractivity contribution in [3.05, 3.63) is 0 Å². The minimum absolute atomic E-state index is 0.0952. The maximum absolute atomic E-state index is 11.9. The molecule has 4 nitrogen and oxygen atoms in total. The van der Waals surface area contributed by atoms with E-state index >= 15 is 0 Å². The van der Waals surface area contributed by atoms with E-state index in [4.69, 9.17) is 0 Å². The summed E-state index contributed by atoms with van der Waals surface area (Å²) in [5, 5.41) is 0. The van der Waals surface area contributed by atoms with Gasteiger partial charge in [0.1, 0.15) is 5.78 Å². The molecular formula is C10H18O4S. The van der Waals surface area contributed by atoms with Gasteiger partial charge in [-0.2, -0.15) is 0 Å². The molecule has 0 aromatic heterocycles. The summed E-state index contributed by atoms with van der Waals surface area (Å²) >= 11 is 0. The number of Topliss-reactive ketones (excluding diaryl/α,β-unsaturated/α-hetero) is 1. The van der Waals surface area contributed by atoms with Gasteiger partial charge in [0.25, 0.3) is 0 Å². The summed E-state index contributed by atoms with van der Waals surface area (Å²) in [5.41, 5.74) is -0.915. The molecule has 0 saturated heterocycles. The molecule has 5 heteroatoms. The summed E-state index contributed by atoms with van der Waals surface area (Å²) in [5.74, 6) is 0.257. The van der Waals surface area contributed by atoms with Crippen LogP contribution in [-0.4, -0.2) is 25.2 Å². The molecule has 0 unspecified atom stereocenters. The number of fused-ring (bicyclic) bond motifs is 2. The standard InChI is InChI=1S/C10H18O4S/c1-9(2)7-3-4-10(9,8(11)5-7)6-15(12,13)14/h7,12-14H,3-6H2,1-2H3/t7-,10-/m1/s1. The zero-order valence-corrected chi connectivity index (χ0v) is 9.88. The van der Waals surface area contributed by atoms with Crippen LogP contribution in [0.5, 0.6) is 0 Å². The van der Waals surface area contributed by atoms with Crippen molar-refractivity contribution in [1.82, 2.24) is 0 Å². The Morgan fingerprint density at radius 2 is 2.00 bits per heavy atom. The maximum atomic E-state index is 11.9. The van der Waals surface area contributed by atoms with Gasteiger partial charge in [0, 0.05) is 11.8 Å². The molecule has 0 aliphatic heterocycles. The Bertz CT molecular complexity index is 307. The van der Waals surface area contributed by atoms with Crippen LogP contribution in [0.4, 0.5) is 0 Å². The second-order valence-electron chi connectivity index (χ2n) is 5.44. The monoisotopic (exact) mass is 234 g/mol. The van der Waals surface area contributed by atoms with E-state index in [-0.39, 0.29) is 17.0 Å². The first-order chi connectivity index (χ1) is 6.69. The van der Waals surface area contributed by atoms with Crippen LogP contribution < -0.4 is 0 Å². The van der Waals surface area contributed by atoms with Crippen LogP contribution in [0.25, 0.3) is 0 Å². The lowest BCUT2D eigenvalue weighted by molar-refractivity contribution is -0.128. The molecule has 0 aromatic rings. The quantitative estimate of drug-likeness (QED) is 0.686. The molecule has 0 amide bonds. The smallest absolute Gasteiger partial charge is 0.140 e. The summed E-state index contributed by atoms with van der Waals surface area (Å²) in [4.78, 5) is 11.9. The molecule has 3 N–H and O–H groups in total. The Morgan fingerprint density at radius 1 is 1.40 bits per heavy atom. The second kappa shape index (κ2) is 2.97. The van der Waals surface area contributed by atoms with Gasteiger partial charge in [-0.1, -0.05) is 13.8 Å². The SMILES string of the molecule is CC1(C)[C@@H]2CC[C@@]1(CS(O)(O)O)C(=O)C2. The minimum atomic E-state index is -3.58. The highest BCUT2D eigenvalue weighted by atomic mass is 32.3. The van der Waals surface area contributed by atoms with Crippen molar-refractivity contribution in [3.63, 3.8) is 0 Å². The zero-order chi connectivity index (χ0) is 11.5. The first-order valence-corrected chi connectivity index (χ1v) is 6.88. The van der Waals surface area contributed by atoms with Gasteiger partial charge in [0.15, 0.2) is 0 Å². The van der Waals surface area contributed by atoms with Gasteiger partial charge in [-0.15, -0.1) is 0 Å². The largest absolute Gasteiger partial charge is 0.308 e. The molecule has 15 heavy (non-hydrogen) atoms. The van der Waals surface area contributed by atoms with Crippen molar-refractivity contribution in [1.29, 1.82) is 0 Å². The number of rotatable bonds is 2. The molecule has 0 aromatic carbocycles. The molecule has 0 heterocycles. The minimum Gasteiger partial charge on any atom is -0.308 e. The Morgan fingerprint density at radius 3 is 2.33 bits per heavy atom. The fraction of sp³-hybridized carbons (Fsp3) is 0.900. The molecule has 88 valence electrons. The van der Waals surface area contributed by atoms with Gasteiger partial charge < -0.3 is 13.7 Å². The summed E-state index contributed by atoms with van der Waals surface area (Å²) in [6.45, 7) is 4.00. The van der Waals surface area contributed by atoms with Crippen molar-refractivity contribution < 1.29 is 18.5 Å². The van der Waals surface area contributed by atoms with Gasteiger partial charge in [0.2, 0.25) is 0 Å². The number of hydrogen-bond acceptors (Lipinski definition) is 4. The first-order valence-electron chi connectivity index (χ1n) is 5.21. The topological polar surface area (TPSA) is 77.8 Å². The van der Waals surface area contributed by atoms with Crippen LogP contribution in [-0.2, 0) is 4.79 Å². The number of carbonyl (C=O) groups is 1. The van der Waals surface area contributed by atoms with Gasteiger partial charge in [0.05, 0.1) is 16.6 Å². The zero-order valence-electron chi connectivity index (χ0n) is 9.06. The lowest BCUT2D eigenvalue weighted by Crippen LogP contribution is -2.40. The Kier molecular flexibility index (Phi) is 2.26. The summed E-state index contributed by atoms with van der Waals surface area (Å²) < 4.78 is 27.6. The van der Waals surface area contributed by atoms with Crippen LogP contribution in [0.15, 0.2) is 0 Å². The number of ketones is 1. The van der Waals surface area contributed by atoms with Crippen LogP contribution in [0, 0.1) is 16.7 Å². The lowest BCUT2D eigenvalue weighted by atomic mass is 9.70. The van der Waals surface area contributed by atoms with Gasteiger partial charge >= 0.3 is 0 Å². The van der Waals surface area contributed by atoms with E-state index in [1.807, 2.05) is 13.8 Å². The van der Waals surface area contributed by atoms with Crippen molar-refractivity contribution in [2.45, 2.75) is 33.1 Å². The predicted octanol–water partition coefficient (Wildman–Crippen LogP) is 2.61. The van der Waals surface area contributed by atoms with E-state index in [1.165, 1.54) is 0 Å². The lowest BCUT2D eigenvalue weighted by Gasteiger charge is -2.39. The Balaban J connectivity index is 2.36. The molecule has 2 aliphatic carbocycles. The maximum Gasteiger partial charge on any atom is 0.140 e. The first kappa shape index (κ1) is 11.4. The molecule has 2 fully saturated rings. The van der Waals surface area contributed by atoms with E-state index in [0.29, 0.717) is 18.8 Å². The van der Waals surface area contributed by atoms with E-state index in [0.717, 1.165) is 6.42 Å². The third-order valence-electron chi connectivity index (χ3n) is 4.58. The van der Waals surface area contributed by atoms with Gasteiger partial charge in [-0.05, 0) is 24.2 Å². The molecular weight excluding hydrogens is 216 g/mol. The van der Waals surface area contributed by atoms with Crippen LogP contribution in [0.3, 0.4) is 0 Å². The molecule has 0 radical (unpaired) electrons. The van der Waals surface area contributed by atoms with Gasteiger partial charge in [-0.3, -0.25) is 4.79 Å². The highest BCUT2D eigenvalue weighted by Crippen LogP contribution is 2.66. The molecule has 2 aliphatic rings. The molecule has 2 saturated carbocycles. The fourth-order valence-corrected chi connectivity index (χ4v) is 4.78. The molecule has 2 rings (SSSR count). The number of hydrogen-bond donors (Lipinski definition) is 3. The van der Waals surface area contributed by atoms with E-state index in [1.54, 1.807) is 0 Å². The second-order valence-corrected chi connectivity index (χ2v) is 7.00. The van der Waals surface area contributed by atoms with Crippen LogP contribution >= 0.6 is 10.9 Å². The molecule has 2 atom stereocenters. The number of carbonyl (C=O) groups excluding carboxylic acids is 1. The van der Waals surface area contributed by atoms with Crippen molar-refractivity contribution in [2.75, 3.05) is 5.75 Å². The van der Waals surface area contributed by atoms with Crippen molar-refractivity contribution in [2.24, 2.45) is 16.7 Å².